The van der Waals surface area contributed by atoms with Crippen LogP contribution in [0.2, 0.25) is 0 Å². The second kappa shape index (κ2) is 4.99. The summed E-state index contributed by atoms with van der Waals surface area (Å²) < 4.78 is 0. The number of hydrogen-bond acceptors (Lipinski definition) is 4. The number of amides is 1. The van der Waals surface area contributed by atoms with Crippen LogP contribution < -0.4 is 11.5 Å². The molecule has 6 nitrogen and oxygen atoms in total. The Labute approximate surface area is 111 Å². The van der Waals surface area contributed by atoms with E-state index in [9.17, 15) is 9.59 Å². The van der Waals surface area contributed by atoms with Crippen molar-refractivity contribution in [2.45, 2.75) is 18.5 Å². The Bertz CT molecular complexity index is 518. The number of carboxylic acid groups (broad SMARTS) is 1. The van der Waals surface area contributed by atoms with E-state index >= 15 is 0 Å². The van der Waals surface area contributed by atoms with Crippen molar-refractivity contribution in [2.75, 3.05) is 13.1 Å². The van der Waals surface area contributed by atoms with Crippen molar-refractivity contribution < 1.29 is 14.7 Å². The Hall–Kier alpha value is -1.92. The van der Waals surface area contributed by atoms with Gasteiger partial charge in [0.05, 0.1) is 0 Å². The molecule has 0 saturated carbocycles. The third-order valence-electron chi connectivity index (χ3n) is 3.42. The molecule has 0 radical (unpaired) electrons. The number of nitrogens with zero attached hydrogens (tertiary/aromatic N) is 1. The van der Waals surface area contributed by atoms with E-state index in [-0.39, 0.29) is 0 Å². The Morgan fingerprint density at radius 1 is 1.42 bits per heavy atom. The molecular formula is C13H17N3O3. The van der Waals surface area contributed by atoms with Gasteiger partial charge in [-0.3, -0.25) is 14.5 Å². The molecule has 1 aromatic carbocycles. The summed E-state index contributed by atoms with van der Waals surface area (Å²) in [5.74, 6) is -1.44. The predicted molar refractivity (Wildman–Crippen MR) is 69.4 cm³/mol. The monoisotopic (exact) mass is 263 g/mol. The van der Waals surface area contributed by atoms with Crippen molar-refractivity contribution in [1.29, 1.82) is 0 Å². The summed E-state index contributed by atoms with van der Waals surface area (Å²) in [5, 5.41) is 9.06. The third kappa shape index (κ3) is 2.91. The maximum atomic E-state index is 11.1. The maximum Gasteiger partial charge on any atom is 0.325 e. The number of hydrogen-bond donors (Lipinski definition) is 3. The van der Waals surface area contributed by atoms with Crippen LogP contribution in [-0.4, -0.2) is 40.5 Å². The van der Waals surface area contributed by atoms with E-state index in [0.29, 0.717) is 31.6 Å². The molecule has 1 amide bonds. The lowest BCUT2D eigenvalue weighted by molar-refractivity contribution is -0.142. The predicted octanol–water partition coefficient (Wildman–Crippen LogP) is -0.227. The normalized spacial score (nSPS) is 23.4. The summed E-state index contributed by atoms with van der Waals surface area (Å²) in [5.41, 5.74) is 11.2. The second-order valence-corrected chi connectivity index (χ2v) is 4.99. The highest BCUT2D eigenvalue weighted by Crippen LogP contribution is 2.21. The molecule has 0 spiro atoms. The van der Waals surface area contributed by atoms with Crippen molar-refractivity contribution in [2.24, 2.45) is 11.5 Å². The molecule has 1 aliphatic rings. The van der Waals surface area contributed by atoms with Gasteiger partial charge in [-0.2, -0.15) is 0 Å². The van der Waals surface area contributed by atoms with Crippen LogP contribution >= 0.6 is 0 Å². The van der Waals surface area contributed by atoms with Crippen LogP contribution in [0.3, 0.4) is 0 Å². The van der Waals surface area contributed by atoms with Gasteiger partial charge in [-0.05, 0) is 24.1 Å². The smallest absolute Gasteiger partial charge is 0.325 e. The summed E-state index contributed by atoms with van der Waals surface area (Å²) in [6.07, 6.45) is 0.428. The molecule has 6 heteroatoms. The number of carbonyl (C=O) groups is 2. The number of primary amides is 1. The van der Waals surface area contributed by atoms with Gasteiger partial charge in [0.15, 0.2) is 0 Å². The van der Waals surface area contributed by atoms with Crippen LogP contribution in [0.25, 0.3) is 0 Å². The zero-order chi connectivity index (χ0) is 14.0. The molecule has 1 heterocycles. The minimum Gasteiger partial charge on any atom is -0.480 e. The highest BCUT2D eigenvalue weighted by molar-refractivity contribution is 5.92. The van der Waals surface area contributed by atoms with E-state index in [1.165, 1.54) is 0 Å². The number of carbonyl (C=O) groups excluding carboxylic acids is 1. The number of rotatable bonds is 4. The van der Waals surface area contributed by atoms with Gasteiger partial charge in [-0.25, -0.2) is 0 Å². The molecule has 1 aliphatic heterocycles. The van der Waals surface area contributed by atoms with E-state index in [1.54, 1.807) is 18.2 Å². The van der Waals surface area contributed by atoms with Crippen LogP contribution in [0.4, 0.5) is 0 Å². The molecule has 19 heavy (non-hydrogen) atoms. The van der Waals surface area contributed by atoms with Gasteiger partial charge in [0.1, 0.15) is 5.54 Å². The Kier molecular flexibility index (Phi) is 3.55. The Balaban J connectivity index is 2.05. The fraction of sp³-hybridized carbons (Fsp3) is 0.385. The first-order chi connectivity index (χ1) is 8.90. The van der Waals surface area contributed by atoms with Gasteiger partial charge in [-0.15, -0.1) is 0 Å². The summed E-state index contributed by atoms with van der Waals surface area (Å²) in [6.45, 7) is 1.50. The number of nitrogens with two attached hydrogens (primary N) is 2. The van der Waals surface area contributed by atoms with E-state index in [4.69, 9.17) is 16.6 Å². The van der Waals surface area contributed by atoms with Gasteiger partial charge in [0.2, 0.25) is 5.91 Å². The molecule has 0 aliphatic carbocycles. The fourth-order valence-electron chi connectivity index (χ4n) is 2.31. The highest BCUT2D eigenvalue weighted by Gasteiger charge is 2.40. The topological polar surface area (TPSA) is 110 Å². The quantitative estimate of drug-likeness (QED) is 0.695. The van der Waals surface area contributed by atoms with E-state index < -0.39 is 17.4 Å². The minimum atomic E-state index is -1.17. The van der Waals surface area contributed by atoms with Gasteiger partial charge in [-0.1, -0.05) is 12.1 Å². The second-order valence-electron chi connectivity index (χ2n) is 4.99. The van der Waals surface area contributed by atoms with Gasteiger partial charge in [0.25, 0.3) is 0 Å². The molecule has 1 aromatic rings. The fourth-order valence-corrected chi connectivity index (χ4v) is 2.31. The van der Waals surface area contributed by atoms with Crippen LogP contribution in [0.15, 0.2) is 24.3 Å². The molecule has 1 unspecified atom stereocenters. The summed E-state index contributed by atoms with van der Waals surface area (Å²) >= 11 is 0. The minimum absolute atomic E-state index is 0.309. The summed E-state index contributed by atoms with van der Waals surface area (Å²) in [6, 6.07) is 7.02. The maximum absolute atomic E-state index is 11.1. The molecule has 0 aromatic heterocycles. The van der Waals surface area contributed by atoms with E-state index in [2.05, 4.69) is 0 Å². The lowest BCUT2D eigenvalue weighted by atomic mass is 10.0. The molecule has 102 valence electrons. The van der Waals surface area contributed by atoms with Crippen molar-refractivity contribution in [3.05, 3.63) is 35.4 Å². The molecule has 2 rings (SSSR count). The Morgan fingerprint density at radius 2 is 2.16 bits per heavy atom. The van der Waals surface area contributed by atoms with Gasteiger partial charge in [0, 0.05) is 25.2 Å². The molecule has 0 bridgehead atoms. The average Bonchev–Trinajstić information content (AvgIpc) is 2.72. The van der Waals surface area contributed by atoms with E-state index in [1.807, 2.05) is 11.0 Å². The zero-order valence-corrected chi connectivity index (χ0v) is 10.5. The van der Waals surface area contributed by atoms with Crippen LogP contribution in [-0.2, 0) is 11.3 Å². The molecule has 5 N–H and O–H groups in total. The van der Waals surface area contributed by atoms with Crippen molar-refractivity contribution in [3.8, 4) is 0 Å². The van der Waals surface area contributed by atoms with Crippen molar-refractivity contribution in [3.63, 3.8) is 0 Å². The Morgan fingerprint density at radius 3 is 2.74 bits per heavy atom. The SMILES string of the molecule is NC(=O)c1cccc(CN2CCC(N)(C(=O)O)C2)c1. The lowest BCUT2D eigenvalue weighted by Crippen LogP contribution is -2.50. The van der Waals surface area contributed by atoms with Crippen LogP contribution in [0.5, 0.6) is 0 Å². The number of aliphatic carboxylic acids is 1. The number of likely N-dealkylation sites (tertiary alicyclic amines) is 1. The molecular weight excluding hydrogens is 246 g/mol. The first-order valence-corrected chi connectivity index (χ1v) is 6.04. The van der Waals surface area contributed by atoms with Gasteiger partial charge < -0.3 is 16.6 Å². The standard InChI is InChI=1S/C13H17N3O3/c14-11(17)10-3-1-2-9(6-10)7-16-5-4-13(15,8-16)12(18)19/h1-3,6H,4-5,7-8,15H2,(H2,14,17)(H,18,19). The summed E-state index contributed by atoms with van der Waals surface area (Å²) in [4.78, 5) is 24.1. The molecule has 1 saturated heterocycles. The van der Waals surface area contributed by atoms with Crippen LogP contribution in [0.1, 0.15) is 22.3 Å². The summed E-state index contributed by atoms with van der Waals surface area (Å²) in [7, 11) is 0. The first-order valence-electron chi connectivity index (χ1n) is 6.04. The van der Waals surface area contributed by atoms with E-state index in [0.717, 1.165) is 5.56 Å². The molecule has 1 fully saturated rings. The lowest BCUT2D eigenvalue weighted by Gasteiger charge is -2.20. The highest BCUT2D eigenvalue weighted by atomic mass is 16.4. The zero-order valence-electron chi connectivity index (χ0n) is 10.5. The first kappa shape index (κ1) is 13.5. The largest absolute Gasteiger partial charge is 0.480 e. The molecule has 1 atom stereocenters. The van der Waals surface area contributed by atoms with Gasteiger partial charge >= 0.3 is 5.97 Å². The average molecular weight is 263 g/mol. The van der Waals surface area contributed by atoms with Crippen molar-refractivity contribution in [1.82, 2.24) is 4.90 Å². The van der Waals surface area contributed by atoms with Crippen molar-refractivity contribution >= 4 is 11.9 Å². The van der Waals surface area contributed by atoms with Crippen LogP contribution in [0, 0.1) is 0 Å². The number of benzene rings is 1. The number of carboxylic acids is 1. The third-order valence-corrected chi connectivity index (χ3v) is 3.42.